The van der Waals surface area contributed by atoms with Crippen molar-refractivity contribution in [3.63, 3.8) is 0 Å². The molecule has 2 aromatic rings. The fourth-order valence-corrected chi connectivity index (χ4v) is 3.01. The summed E-state index contributed by atoms with van der Waals surface area (Å²) in [5.41, 5.74) is 9.75. The highest BCUT2D eigenvalue weighted by Gasteiger charge is 2.25. The number of pyridine rings is 1. The molecule has 0 radical (unpaired) electrons. The molecule has 1 aromatic heterocycles. The van der Waals surface area contributed by atoms with Gasteiger partial charge in [-0.3, -0.25) is 9.88 Å². The lowest BCUT2D eigenvalue weighted by molar-refractivity contribution is 0.127. The van der Waals surface area contributed by atoms with Crippen LogP contribution in [-0.2, 0) is 13.1 Å². The van der Waals surface area contributed by atoms with Crippen molar-refractivity contribution >= 4 is 10.9 Å². The molecule has 0 saturated carbocycles. The van der Waals surface area contributed by atoms with Crippen LogP contribution in [0.15, 0.2) is 30.5 Å². The van der Waals surface area contributed by atoms with Gasteiger partial charge in [0.25, 0.3) is 0 Å². The van der Waals surface area contributed by atoms with Crippen molar-refractivity contribution in [1.82, 2.24) is 9.88 Å². The monoisotopic (exact) mass is 283 g/mol. The quantitative estimate of drug-likeness (QED) is 0.939. The minimum atomic E-state index is 0.508. The van der Waals surface area contributed by atoms with Crippen LogP contribution in [0.3, 0.4) is 0 Å². The van der Waals surface area contributed by atoms with Crippen molar-refractivity contribution in [2.75, 3.05) is 13.1 Å². The van der Waals surface area contributed by atoms with Crippen LogP contribution in [-0.4, -0.2) is 23.0 Å². The van der Waals surface area contributed by atoms with Crippen molar-refractivity contribution in [1.29, 1.82) is 0 Å². The zero-order chi connectivity index (χ0) is 14.9. The molecule has 1 saturated heterocycles. The molecule has 0 bridgehead atoms. The van der Waals surface area contributed by atoms with Gasteiger partial charge in [-0.2, -0.15) is 0 Å². The highest BCUT2D eigenvalue weighted by molar-refractivity contribution is 5.79. The van der Waals surface area contributed by atoms with E-state index in [-0.39, 0.29) is 0 Å². The number of hydrogen-bond acceptors (Lipinski definition) is 3. The molecule has 3 nitrogen and oxygen atoms in total. The van der Waals surface area contributed by atoms with Crippen molar-refractivity contribution in [2.24, 2.45) is 11.1 Å². The number of nitrogens with zero attached hydrogens (tertiary/aromatic N) is 2. The van der Waals surface area contributed by atoms with Gasteiger partial charge >= 0.3 is 0 Å². The Kier molecular flexibility index (Phi) is 3.96. The summed E-state index contributed by atoms with van der Waals surface area (Å²) in [6.45, 7) is 8.71. The van der Waals surface area contributed by atoms with E-state index in [4.69, 9.17) is 5.73 Å². The standard InChI is InChI=1S/C18H25N3/c1-18(2)5-7-21(8-6-18)13-15-10-16-9-14(11-19)3-4-17(16)20-12-15/h3-4,9-10,12H,5-8,11,13,19H2,1-2H3. The molecule has 21 heavy (non-hydrogen) atoms. The largest absolute Gasteiger partial charge is 0.326 e. The van der Waals surface area contributed by atoms with Crippen molar-refractivity contribution in [3.8, 4) is 0 Å². The molecule has 0 amide bonds. The van der Waals surface area contributed by atoms with Gasteiger partial charge in [-0.1, -0.05) is 19.9 Å². The minimum absolute atomic E-state index is 0.508. The number of aromatic nitrogens is 1. The molecule has 1 aliphatic heterocycles. The number of piperidine rings is 1. The summed E-state index contributed by atoms with van der Waals surface area (Å²) in [5, 5.41) is 1.20. The van der Waals surface area contributed by atoms with E-state index < -0.39 is 0 Å². The van der Waals surface area contributed by atoms with Crippen LogP contribution in [0.25, 0.3) is 10.9 Å². The summed E-state index contributed by atoms with van der Waals surface area (Å²) in [5.74, 6) is 0. The molecule has 2 N–H and O–H groups in total. The molecule has 1 aliphatic rings. The van der Waals surface area contributed by atoms with Crippen molar-refractivity contribution < 1.29 is 0 Å². The third kappa shape index (κ3) is 3.42. The number of benzene rings is 1. The zero-order valence-corrected chi connectivity index (χ0v) is 13.1. The Morgan fingerprint density at radius 1 is 1.14 bits per heavy atom. The Morgan fingerprint density at radius 2 is 1.86 bits per heavy atom. The first-order chi connectivity index (χ1) is 10.1. The second-order valence-electron chi connectivity index (χ2n) is 7.02. The van der Waals surface area contributed by atoms with Gasteiger partial charge in [-0.05, 0) is 60.7 Å². The number of likely N-dealkylation sites (tertiary alicyclic amines) is 1. The lowest BCUT2D eigenvalue weighted by Gasteiger charge is -2.36. The predicted octanol–water partition coefficient (Wildman–Crippen LogP) is 3.32. The first-order valence-corrected chi connectivity index (χ1v) is 7.86. The molecule has 0 aliphatic carbocycles. The maximum Gasteiger partial charge on any atom is 0.0702 e. The van der Waals surface area contributed by atoms with Crippen LogP contribution >= 0.6 is 0 Å². The van der Waals surface area contributed by atoms with E-state index in [9.17, 15) is 0 Å². The zero-order valence-electron chi connectivity index (χ0n) is 13.1. The van der Waals surface area contributed by atoms with Crippen LogP contribution in [0.1, 0.15) is 37.8 Å². The predicted molar refractivity (Wildman–Crippen MR) is 87.9 cm³/mol. The van der Waals surface area contributed by atoms with Crippen LogP contribution in [0.5, 0.6) is 0 Å². The molecular formula is C18H25N3. The molecule has 3 heteroatoms. The average Bonchev–Trinajstić information content (AvgIpc) is 2.48. The second-order valence-corrected chi connectivity index (χ2v) is 7.02. The lowest BCUT2D eigenvalue weighted by atomic mass is 9.82. The summed E-state index contributed by atoms with van der Waals surface area (Å²) in [6.07, 6.45) is 4.58. The van der Waals surface area contributed by atoms with E-state index >= 15 is 0 Å². The Bertz CT molecular complexity index is 623. The SMILES string of the molecule is CC1(C)CCN(Cc2cnc3ccc(CN)cc3c2)CC1. The number of nitrogens with two attached hydrogens (primary N) is 1. The number of hydrogen-bond donors (Lipinski definition) is 1. The smallest absolute Gasteiger partial charge is 0.0702 e. The normalized spacial score (nSPS) is 19.0. The van der Waals surface area contributed by atoms with Gasteiger partial charge in [0, 0.05) is 24.7 Å². The number of rotatable bonds is 3. The topological polar surface area (TPSA) is 42.2 Å². The van der Waals surface area contributed by atoms with Crippen LogP contribution in [0, 0.1) is 5.41 Å². The molecule has 1 fully saturated rings. The molecule has 1 aromatic carbocycles. The molecule has 0 unspecified atom stereocenters. The first-order valence-electron chi connectivity index (χ1n) is 7.86. The summed E-state index contributed by atoms with van der Waals surface area (Å²) < 4.78 is 0. The highest BCUT2D eigenvalue weighted by Crippen LogP contribution is 2.30. The van der Waals surface area contributed by atoms with Crippen LogP contribution in [0.2, 0.25) is 0 Å². The van der Waals surface area contributed by atoms with E-state index in [1.54, 1.807) is 0 Å². The third-order valence-corrected chi connectivity index (χ3v) is 4.65. The molecule has 0 atom stereocenters. The van der Waals surface area contributed by atoms with Gasteiger partial charge in [0.1, 0.15) is 0 Å². The third-order valence-electron chi connectivity index (χ3n) is 4.65. The van der Waals surface area contributed by atoms with Gasteiger partial charge in [0.2, 0.25) is 0 Å². The minimum Gasteiger partial charge on any atom is -0.326 e. The average molecular weight is 283 g/mol. The second kappa shape index (κ2) is 5.74. The van der Waals surface area contributed by atoms with Gasteiger partial charge < -0.3 is 5.73 Å². The Hall–Kier alpha value is -1.45. The fourth-order valence-electron chi connectivity index (χ4n) is 3.01. The number of fused-ring (bicyclic) bond motifs is 1. The molecule has 3 rings (SSSR count). The molecule has 2 heterocycles. The molecule has 0 spiro atoms. The summed E-state index contributed by atoms with van der Waals surface area (Å²) in [4.78, 5) is 7.13. The van der Waals surface area contributed by atoms with Crippen molar-refractivity contribution in [3.05, 3.63) is 41.6 Å². The summed E-state index contributed by atoms with van der Waals surface area (Å²) in [7, 11) is 0. The fraction of sp³-hybridized carbons (Fsp3) is 0.500. The van der Waals surface area contributed by atoms with E-state index in [1.165, 1.54) is 42.4 Å². The summed E-state index contributed by atoms with van der Waals surface area (Å²) in [6, 6.07) is 8.54. The van der Waals surface area contributed by atoms with E-state index in [0.717, 1.165) is 12.1 Å². The Balaban J connectivity index is 1.75. The molecular weight excluding hydrogens is 258 g/mol. The molecule has 112 valence electrons. The van der Waals surface area contributed by atoms with Gasteiger partial charge in [-0.25, -0.2) is 0 Å². The van der Waals surface area contributed by atoms with E-state index in [1.807, 2.05) is 6.20 Å². The van der Waals surface area contributed by atoms with Gasteiger partial charge in [0.15, 0.2) is 0 Å². The highest BCUT2D eigenvalue weighted by atomic mass is 15.1. The van der Waals surface area contributed by atoms with Crippen molar-refractivity contribution in [2.45, 2.75) is 39.8 Å². The maximum atomic E-state index is 5.73. The maximum absolute atomic E-state index is 5.73. The Labute approximate surface area is 127 Å². The Morgan fingerprint density at radius 3 is 2.57 bits per heavy atom. The van der Waals surface area contributed by atoms with Crippen LogP contribution in [0.4, 0.5) is 0 Å². The summed E-state index contributed by atoms with van der Waals surface area (Å²) >= 11 is 0. The lowest BCUT2D eigenvalue weighted by Crippen LogP contribution is -2.36. The van der Waals surface area contributed by atoms with Crippen LogP contribution < -0.4 is 5.73 Å². The van der Waals surface area contributed by atoms with E-state index in [2.05, 4.69) is 48.0 Å². The first kappa shape index (κ1) is 14.5. The van der Waals surface area contributed by atoms with E-state index in [0.29, 0.717) is 12.0 Å². The van der Waals surface area contributed by atoms with Gasteiger partial charge in [-0.15, -0.1) is 0 Å². The van der Waals surface area contributed by atoms with Gasteiger partial charge in [0.05, 0.1) is 5.52 Å².